The summed E-state index contributed by atoms with van der Waals surface area (Å²) in [4.78, 5) is 17.7. The quantitative estimate of drug-likeness (QED) is 0.678. The van der Waals surface area contributed by atoms with Gasteiger partial charge >= 0.3 is 0 Å². The van der Waals surface area contributed by atoms with Gasteiger partial charge in [0.05, 0.1) is 30.1 Å². The summed E-state index contributed by atoms with van der Waals surface area (Å²) in [5, 5.41) is 4.14. The summed E-state index contributed by atoms with van der Waals surface area (Å²) in [6.45, 7) is 3.83. The topological polar surface area (TPSA) is 56.1 Å². The molecule has 0 saturated heterocycles. The van der Waals surface area contributed by atoms with Gasteiger partial charge < -0.3 is 10.1 Å². The van der Waals surface area contributed by atoms with Crippen molar-refractivity contribution in [2.75, 3.05) is 20.3 Å². The van der Waals surface area contributed by atoms with E-state index in [4.69, 9.17) is 9.72 Å². The van der Waals surface area contributed by atoms with Gasteiger partial charge in [-0.05, 0) is 37.6 Å². The third-order valence-corrected chi connectivity index (χ3v) is 4.50. The summed E-state index contributed by atoms with van der Waals surface area (Å²) in [5.74, 6) is 0.749. The standard InChI is InChI=1S/C21H25N3O2/c1-16(22-13-12-17-8-4-3-5-9-17)20-23-19-11-7-6-10-18(19)21(25)24(20)14-15-26-2/h3-11,16,22H,12-15H2,1-2H3. The first-order chi connectivity index (χ1) is 12.7. The molecule has 0 bridgehead atoms. The number of nitrogens with one attached hydrogen (secondary N) is 1. The highest BCUT2D eigenvalue weighted by Gasteiger charge is 2.16. The Labute approximate surface area is 153 Å². The Morgan fingerprint density at radius 2 is 1.85 bits per heavy atom. The smallest absolute Gasteiger partial charge is 0.261 e. The van der Waals surface area contributed by atoms with Gasteiger partial charge in [0.1, 0.15) is 5.82 Å². The van der Waals surface area contributed by atoms with Crippen molar-refractivity contribution >= 4 is 10.9 Å². The van der Waals surface area contributed by atoms with E-state index in [9.17, 15) is 4.79 Å². The lowest BCUT2D eigenvalue weighted by Crippen LogP contribution is -2.32. The van der Waals surface area contributed by atoms with Gasteiger partial charge in [-0.3, -0.25) is 9.36 Å². The molecule has 3 aromatic rings. The van der Waals surface area contributed by atoms with Crippen molar-refractivity contribution in [3.05, 3.63) is 76.3 Å². The SMILES string of the molecule is COCCn1c(C(C)NCCc2ccccc2)nc2ccccc2c1=O. The molecule has 136 valence electrons. The molecule has 5 nitrogen and oxygen atoms in total. The fourth-order valence-electron chi connectivity index (χ4n) is 3.08. The van der Waals surface area contributed by atoms with Crippen molar-refractivity contribution in [1.29, 1.82) is 0 Å². The number of para-hydroxylation sites is 1. The fourth-order valence-corrected chi connectivity index (χ4v) is 3.08. The number of methoxy groups -OCH3 is 1. The van der Waals surface area contributed by atoms with Crippen LogP contribution in [0.5, 0.6) is 0 Å². The normalized spacial score (nSPS) is 12.4. The van der Waals surface area contributed by atoms with Gasteiger partial charge in [-0.2, -0.15) is 0 Å². The first-order valence-corrected chi connectivity index (χ1v) is 8.96. The largest absolute Gasteiger partial charge is 0.383 e. The second-order valence-electron chi connectivity index (χ2n) is 6.35. The number of rotatable bonds is 8. The first kappa shape index (κ1) is 18.3. The Hall–Kier alpha value is -2.50. The minimum Gasteiger partial charge on any atom is -0.383 e. The Morgan fingerprint density at radius 3 is 2.62 bits per heavy atom. The van der Waals surface area contributed by atoms with Gasteiger partial charge in [-0.15, -0.1) is 0 Å². The zero-order chi connectivity index (χ0) is 18.4. The van der Waals surface area contributed by atoms with Crippen LogP contribution >= 0.6 is 0 Å². The number of fused-ring (bicyclic) bond motifs is 1. The minimum atomic E-state index is -0.0344. The molecule has 26 heavy (non-hydrogen) atoms. The Kier molecular flexibility index (Phi) is 6.15. The molecule has 0 fully saturated rings. The molecule has 0 aliphatic carbocycles. The molecule has 0 spiro atoms. The predicted molar refractivity (Wildman–Crippen MR) is 104 cm³/mol. The molecule has 0 amide bonds. The number of hydrogen-bond acceptors (Lipinski definition) is 4. The van der Waals surface area contributed by atoms with E-state index in [0.29, 0.717) is 18.5 Å². The number of nitrogens with zero attached hydrogens (tertiary/aromatic N) is 2. The van der Waals surface area contributed by atoms with E-state index in [1.807, 2.05) is 49.4 Å². The molecule has 0 radical (unpaired) electrons. The summed E-state index contributed by atoms with van der Waals surface area (Å²) in [6.07, 6.45) is 0.932. The van der Waals surface area contributed by atoms with Crippen LogP contribution in [0, 0.1) is 0 Å². The molecule has 1 heterocycles. The van der Waals surface area contributed by atoms with Crippen LogP contribution in [0.1, 0.15) is 24.4 Å². The molecule has 1 atom stereocenters. The molecule has 3 rings (SSSR count). The van der Waals surface area contributed by atoms with Crippen LogP contribution in [0.4, 0.5) is 0 Å². The molecule has 1 unspecified atom stereocenters. The molecule has 5 heteroatoms. The van der Waals surface area contributed by atoms with Gasteiger partial charge in [-0.25, -0.2) is 4.98 Å². The first-order valence-electron chi connectivity index (χ1n) is 8.96. The molecule has 1 aromatic heterocycles. The number of ether oxygens (including phenoxy) is 1. The second kappa shape index (κ2) is 8.74. The Morgan fingerprint density at radius 1 is 1.12 bits per heavy atom. The second-order valence-corrected chi connectivity index (χ2v) is 6.35. The molecular weight excluding hydrogens is 326 g/mol. The lowest BCUT2D eigenvalue weighted by Gasteiger charge is -2.19. The zero-order valence-corrected chi connectivity index (χ0v) is 15.3. The van der Waals surface area contributed by atoms with E-state index in [-0.39, 0.29) is 11.6 Å². The van der Waals surface area contributed by atoms with Crippen molar-refractivity contribution in [3.8, 4) is 0 Å². The van der Waals surface area contributed by atoms with E-state index in [1.165, 1.54) is 5.56 Å². The lowest BCUT2D eigenvalue weighted by atomic mass is 10.1. The van der Waals surface area contributed by atoms with Crippen molar-refractivity contribution in [3.63, 3.8) is 0 Å². The molecule has 0 saturated carbocycles. The van der Waals surface area contributed by atoms with Gasteiger partial charge in [0.25, 0.3) is 5.56 Å². The summed E-state index contributed by atoms with van der Waals surface area (Å²) in [7, 11) is 1.64. The van der Waals surface area contributed by atoms with Crippen molar-refractivity contribution in [2.24, 2.45) is 0 Å². The van der Waals surface area contributed by atoms with Crippen LogP contribution in [0.25, 0.3) is 10.9 Å². The third kappa shape index (κ3) is 4.18. The van der Waals surface area contributed by atoms with Crippen LogP contribution < -0.4 is 10.9 Å². The molecular formula is C21H25N3O2. The lowest BCUT2D eigenvalue weighted by molar-refractivity contribution is 0.184. The summed E-state index contributed by atoms with van der Waals surface area (Å²) in [5.41, 5.74) is 2.01. The maximum atomic E-state index is 12.9. The summed E-state index contributed by atoms with van der Waals surface area (Å²) in [6, 6.07) is 17.8. The third-order valence-electron chi connectivity index (χ3n) is 4.50. The highest BCUT2D eigenvalue weighted by atomic mass is 16.5. The summed E-state index contributed by atoms with van der Waals surface area (Å²) < 4.78 is 6.91. The van der Waals surface area contributed by atoms with Crippen molar-refractivity contribution < 1.29 is 4.74 Å². The average Bonchev–Trinajstić information content (AvgIpc) is 2.68. The van der Waals surface area contributed by atoms with Crippen LogP contribution in [0.3, 0.4) is 0 Å². The van der Waals surface area contributed by atoms with E-state index in [0.717, 1.165) is 24.3 Å². The average molecular weight is 351 g/mol. The zero-order valence-electron chi connectivity index (χ0n) is 15.3. The van der Waals surface area contributed by atoms with E-state index < -0.39 is 0 Å². The van der Waals surface area contributed by atoms with Gasteiger partial charge in [0.2, 0.25) is 0 Å². The summed E-state index contributed by atoms with van der Waals surface area (Å²) >= 11 is 0. The van der Waals surface area contributed by atoms with Crippen LogP contribution in [0.2, 0.25) is 0 Å². The molecule has 1 N–H and O–H groups in total. The van der Waals surface area contributed by atoms with Crippen LogP contribution in [-0.4, -0.2) is 29.8 Å². The highest BCUT2D eigenvalue weighted by Crippen LogP contribution is 2.14. The van der Waals surface area contributed by atoms with Crippen molar-refractivity contribution in [1.82, 2.24) is 14.9 Å². The number of benzene rings is 2. The van der Waals surface area contributed by atoms with E-state index in [2.05, 4.69) is 17.4 Å². The Bertz CT molecular complexity index is 906. The maximum Gasteiger partial charge on any atom is 0.261 e. The molecule has 0 aliphatic heterocycles. The van der Waals surface area contributed by atoms with E-state index in [1.54, 1.807) is 11.7 Å². The van der Waals surface area contributed by atoms with Crippen LogP contribution in [-0.2, 0) is 17.7 Å². The predicted octanol–water partition coefficient (Wildman–Crippen LogP) is 2.94. The van der Waals surface area contributed by atoms with E-state index >= 15 is 0 Å². The van der Waals surface area contributed by atoms with Gasteiger partial charge in [-0.1, -0.05) is 42.5 Å². The fraction of sp³-hybridized carbons (Fsp3) is 0.333. The minimum absolute atomic E-state index is 0.0145. The van der Waals surface area contributed by atoms with Gasteiger partial charge in [0, 0.05) is 7.11 Å². The van der Waals surface area contributed by atoms with Gasteiger partial charge in [0.15, 0.2) is 0 Å². The number of hydrogen-bond donors (Lipinski definition) is 1. The monoisotopic (exact) mass is 351 g/mol. The molecule has 2 aromatic carbocycles. The Balaban J connectivity index is 1.83. The molecule has 0 aliphatic rings. The van der Waals surface area contributed by atoms with Crippen molar-refractivity contribution in [2.45, 2.75) is 25.9 Å². The number of aromatic nitrogens is 2. The van der Waals surface area contributed by atoms with Crippen LogP contribution in [0.15, 0.2) is 59.4 Å². The maximum absolute atomic E-state index is 12.9. The highest BCUT2D eigenvalue weighted by molar-refractivity contribution is 5.77.